The maximum atomic E-state index is 13.1. The fourth-order valence-corrected chi connectivity index (χ4v) is 13.7. The summed E-state index contributed by atoms with van der Waals surface area (Å²) in [6, 6.07) is 0. The van der Waals surface area contributed by atoms with Crippen LogP contribution in [0.3, 0.4) is 0 Å². The molecular formula is C79H154O17P2. The van der Waals surface area contributed by atoms with Crippen molar-refractivity contribution in [3.63, 3.8) is 0 Å². The summed E-state index contributed by atoms with van der Waals surface area (Å²) in [6.07, 6.45) is 57.3. The van der Waals surface area contributed by atoms with Crippen LogP contribution in [-0.2, 0) is 65.4 Å². The van der Waals surface area contributed by atoms with E-state index in [0.717, 1.165) is 114 Å². The molecule has 0 aromatic carbocycles. The summed E-state index contributed by atoms with van der Waals surface area (Å²) in [6.45, 7) is 11.9. The van der Waals surface area contributed by atoms with Crippen LogP contribution >= 0.6 is 15.6 Å². The van der Waals surface area contributed by atoms with Crippen molar-refractivity contribution in [2.24, 2.45) is 17.8 Å². The average molecular weight is 1440 g/mol. The molecule has 0 aromatic rings. The summed E-state index contributed by atoms with van der Waals surface area (Å²) in [5, 5.41) is 10.6. The Morgan fingerprint density at radius 1 is 0.296 bits per heavy atom. The Morgan fingerprint density at radius 3 is 0.776 bits per heavy atom. The van der Waals surface area contributed by atoms with E-state index in [1.807, 2.05) is 0 Å². The van der Waals surface area contributed by atoms with Gasteiger partial charge in [-0.1, -0.05) is 357 Å². The lowest BCUT2D eigenvalue weighted by atomic mass is 9.99. The van der Waals surface area contributed by atoms with E-state index >= 15 is 0 Å². The molecule has 0 saturated heterocycles. The molecule has 0 fully saturated rings. The lowest BCUT2D eigenvalue weighted by molar-refractivity contribution is -0.161. The van der Waals surface area contributed by atoms with Crippen LogP contribution in [0.15, 0.2) is 0 Å². The minimum Gasteiger partial charge on any atom is -0.462 e. The topological polar surface area (TPSA) is 237 Å². The fourth-order valence-electron chi connectivity index (χ4n) is 12.1. The number of esters is 4. The molecule has 19 heteroatoms. The first kappa shape index (κ1) is 96.1. The third-order valence-electron chi connectivity index (χ3n) is 18.7. The fraction of sp³-hybridized carbons (Fsp3) is 0.949. The van der Waals surface area contributed by atoms with Crippen molar-refractivity contribution in [3.05, 3.63) is 0 Å². The zero-order valence-corrected chi connectivity index (χ0v) is 66.0. The molecule has 0 aliphatic carbocycles. The highest BCUT2D eigenvalue weighted by Gasteiger charge is 2.30. The predicted molar refractivity (Wildman–Crippen MR) is 400 cm³/mol. The van der Waals surface area contributed by atoms with Gasteiger partial charge in [0.25, 0.3) is 0 Å². The van der Waals surface area contributed by atoms with Gasteiger partial charge in [0.05, 0.1) is 26.4 Å². The largest absolute Gasteiger partial charge is 0.472 e. The first-order valence-corrected chi connectivity index (χ1v) is 43.9. The van der Waals surface area contributed by atoms with Crippen molar-refractivity contribution in [3.8, 4) is 0 Å². The Bertz CT molecular complexity index is 1910. The van der Waals surface area contributed by atoms with Crippen LogP contribution in [0, 0.1) is 17.8 Å². The molecule has 0 aliphatic rings. The number of carbonyl (C=O) groups excluding carboxylic acids is 4. The third kappa shape index (κ3) is 71.1. The number of aliphatic hydroxyl groups excluding tert-OH is 1. The maximum Gasteiger partial charge on any atom is 0.472 e. The molecule has 0 bridgehead atoms. The number of hydrogen-bond acceptors (Lipinski definition) is 15. The number of hydrogen-bond donors (Lipinski definition) is 3. The van der Waals surface area contributed by atoms with Crippen molar-refractivity contribution in [1.29, 1.82) is 0 Å². The van der Waals surface area contributed by atoms with E-state index in [-0.39, 0.29) is 25.7 Å². The SMILES string of the molecule is CCCCCCCC(=O)OC[C@H](COP(=O)(O)OC[C@H](O)COP(=O)(O)OC[C@@H](COC(=O)CCCCCCCCCCCCCCCCC(C)CC)OC(=O)CCCCCCCCCCCCCCCCCCCCC(C)C)OC(=O)CCCCCCCCCCCCCC(C)C. The molecule has 0 saturated carbocycles. The van der Waals surface area contributed by atoms with E-state index in [9.17, 15) is 43.2 Å². The standard InChI is InChI=1S/C79H154O17P2/c1-8-10-11-43-53-60-76(81)89-66-74(95-78(83)63-56-49-42-36-30-24-26-32-38-45-51-58-71(5)6)68-93-97(85,86)91-64-73(80)65-92-98(87,88)94-69-75(67-90-77(82)61-54-47-40-34-28-22-19-18-21-27-33-39-46-52-59-72(7)9-2)96-79(84)62-55-48-41-35-29-23-17-15-13-12-14-16-20-25-31-37-44-50-57-70(3)4/h70-75,80H,8-69H2,1-7H3,(H,85,86)(H,87,88)/t72?,73-,74+,75+/m0/s1. The average Bonchev–Trinajstić information content (AvgIpc) is 1.69. The van der Waals surface area contributed by atoms with E-state index in [2.05, 4.69) is 48.5 Å². The molecule has 0 aromatic heterocycles. The van der Waals surface area contributed by atoms with E-state index < -0.39 is 97.5 Å². The van der Waals surface area contributed by atoms with Crippen molar-refractivity contribution >= 4 is 39.5 Å². The van der Waals surface area contributed by atoms with Gasteiger partial charge in [-0.15, -0.1) is 0 Å². The second kappa shape index (κ2) is 69.4. The molecule has 17 nitrogen and oxygen atoms in total. The number of unbranched alkanes of at least 4 members (excludes halogenated alkanes) is 44. The maximum absolute atomic E-state index is 13.1. The Hall–Kier alpha value is -1.94. The molecule has 6 atom stereocenters. The third-order valence-corrected chi connectivity index (χ3v) is 20.6. The van der Waals surface area contributed by atoms with Gasteiger partial charge in [0.1, 0.15) is 19.3 Å². The molecule has 0 heterocycles. The van der Waals surface area contributed by atoms with Crippen LogP contribution in [-0.4, -0.2) is 96.7 Å². The monoisotopic (exact) mass is 1440 g/mol. The summed E-state index contributed by atoms with van der Waals surface area (Å²) in [5.74, 6) is 0.311. The zero-order chi connectivity index (χ0) is 72.3. The van der Waals surface area contributed by atoms with Gasteiger partial charge in [-0.05, 0) is 43.4 Å². The number of phosphoric acid groups is 2. The number of phosphoric ester groups is 2. The van der Waals surface area contributed by atoms with Crippen LogP contribution in [0.5, 0.6) is 0 Å². The zero-order valence-electron chi connectivity index (χ0n) is 64.3. The summed E-state index contributed by atoms with van der Waals surface area (Å²) >= 11 is 0. The first-order valence-electron chi connectivity index (χ1n) is 40.9. The second-order valence-electron chi connectivity index (χ2n) is 29.6. The van der Waals surface area contributed by atoms with Gasteiger partial charge in [-0.25, -0.2) is 9.13 Å². The van der Waals surface area contributed by atoms with Gasteiger partial charge in [0.2, 0.25) is 0 Å². The van der Waals surface area contributed by atoms with Gasteiger partial charge in [-0.3, -0.25) is 37.3 Å². The Morgan fingerprint density at radius 2 is 0.520 bits per heavy atom. The van der Waals surface area contributed by atoms with Crippen LogP contribution < -0.4 is 0 Å². The van der Waals surface area contributed by atoms with Crippen LogP contribution in [0.4, 0.5) is 0 Å². The summed E-state index contributed by atoms with van der Waals surface area (Å²) in [5.41, 5.74) is 0. The second-order valence-corrected chi connectivity index (χ2v) is 32.6. The molecule has 582 valence electrons. The number of aliphatic hydroxyl groups is 1. The van der Waals surface area contributed by atoms with Crippen LogP contribution in [0.2, 0.25) is 0 Å². The highest BCUT2D eigenvalue weighted by Crippen LogP contribution is 2.45. The highest BCUT2D eigenvalue weighted by atomic mass is 31.2. The Balaban J connectivity index is 5.13. The molecule has 0 aliphatic heterocycles. The van der Waals surface area contributed by atoms with Crippen molar-refractivity contribution in [1.82, 2.24) is 0 Å². The molecular weight excluding hydrogens is 1280 g/mol. The van der Waals surface area contributed by atoms with Gasteiger partial charge in [-0.2, -0.15) is 0 Å². The van der Waals surface area contributed by atoms with Gasteiger partial charge >= 0.3 is 39.5 Å². The van der Waals surface area contributed by atoms with Gasteiger partial charge in [0.15, 0.2) is 12.2 Å². The highest BCUT2D eigenvalue weighted by molar-refractivity contribution is 7.47. The number of carbonyl (C=O) groups is 4. The minimum atomic E-state index is -4.96. The molecule has 3 N–H and O–H groups in total. The van der Waals surface area contributed by atoms with Crippen molar-refractivity contribution in [2.75, 3.05) is 39.6 Å². The number of rotatable bonds is 77. The number of ether oxygens (including phenoxy) is 4. The van der Waals surface area contributed by atoms with Crippen molar-refractivity contribution in [2.45, 2.75) is 426 Å². The first-order chi connectivity index (χ1) is 47.3. The van der Waals surface area contributed by atoms with E-state index in [1.54, 1.807) is 0 Å². The molecule has 0 rings (SSSR count). The minimum absolute atomic E-state index is 0.105. The Kier molecular flexibility index (Phi) is 68.1. The van der Waals surface area contributed by atoms with Crippen molar-refractivity contribution < 1.29 is 80.2 Å². The normalized spacial score (nSPS) is 14.3. The molecule has 98 heavy (non-hydrogen) atoms. The quantitative estimate of drug-likeness (QED) is 0.0222. The van der Waals surface area contributed by atoms with E-state index in [1.165, 1.54) is 212 Å². The van der Waals surface area contributed by atoms with Gasteiger partial charge in [0, 0.05) is 25.7 Å². The van der Waals surface area contributed by atoms with Crippen LogP contribution in [0.1, 0.15) is 408 Å². The van der Waals surface area contributed by atoms with E-state index in [4.69, 9.17) is 37.0 Å². The predicted octanol–water partition coefficient (Wildman–Crippen LogP) is 23.4. The molecule has 0 amide bonds. The lowest BCUT2D eigenvalue weighted by Gasteiger charge is -2.21. The van der Waals surface area contributed by atoms with Gasteiger partial charge < -0.3 is 33.8 Å². The molecule has 0 radical (unpaired) electrons. The van der Waals surface area contributed by atoms with E-state index in [0.29, 0.717) is 25.7 Å². The Labute approximate surface area is 600 Å². The summed E-state index contributed by atoms with van der Waals surface area (Å²) in [4.78, 5) is 72.6. The summed E-state index contributed by atoms with van der Waals surface area (Å²) in [7, 11) is -9.91. The molecule has 0 spiro atoms. The van der Waals surface area contributed by atoms with Crippen LogP contribution in [0.25, 0.3) is 0 Å². The summed E-state index contributed by atoms with van der Waals surface area (Å²) < 4.78 is 68.4. The molecule has 3 unspecified atom stereocenters. The lowest BCUT2D eigenvalue weighted by Crippen LogP contribution is -2.30. The smallest absolute Gasteiger partial charge is 0.462 e.